The molecule has 1 amide bonds. The quantitative estimate of drug-likeness (QED) is 0.864. The third kappa shape index (κ3) is 4.44. The van der Waals surface area contributed by atoms with Crippen LogP contribution in [0.2, 0.25) is 0 Å². The molecule has 116 valence electrons. The molecule has 0 aliphatic carbocycles. The number of esters is 1. The average molecular weight is 304 g/mol. The van der Waals surface area contributed by atoms with Crippen molar-refractivity contribution in [2.45, 2.75) is 26.1 Å². The van der Waals surface area contributed by atoms with E-state index >= 15 is 0 Å². The van der Waals surface area contributed by atoms with Crippen LogP contribution in [-0.2, 0) is 15.7 Å². The molecule has 1 heterocycles. The Morgan fingerprint density at radius 1 is 1.29 bits per heavy atom. The minimum absolute atomic E-state index is 0.211. The second-order valence-electron chi connectivity index (χ2n) is 4.65. The lowest BCUT2D eigenvalue weighted by Gasteiger charge is -2.19. The van der Waals surface area contributed by atoms with E-state index in [2.05, 4.69) is 15.0 Å². The van der Waals surface area contributed by atoms with Gasteiger partial charge in [0, 0.05) is 6.20 Å². The van der Waals surface area contributed by atoms with Crippen LogP contribution in [-0.4, -0.2) is 30.0 Å². The summed E-state index contributed by atoms with van der Waals surface area (Å²) in [7, 11) is 1.18. The molecule has 0 radical (unpaired) electrons. The van der Waals surface area contributed by atoms with Gasteiger partial charge in [-0.15, -0.1) is 0 Å². The summed E-state index contributed by atoms with van der Waals surface area (Å²) in [5, 5.41) is 2.38. The molecule has 1 unspecified atom stereocenters. The van der Waals surface area contributed by atoms with Gasteiger partial charge in [0.2, 0.25) is 0 Å². The Morgan fingerprint density at radius 2 is 1.90 bits per heavy atom. The van der Waals surface area contributed by atoms with Crippen LogP contribution in [0.15, 0.2) is 18.3 Å². The van der Waals surface area contributed by atoms with E-state index < -0.39 is 29.7 Å². The van der Waals surface area contributed by atoms with Crippen molar-refractivity contribution in [1.29, 1.82) is 0 Å². The van der Waals surface area contributed by atoms with E-state index in [0.717, 1.165) is 12.1 Å². The molecule has 1 aromatic heterocycles. The monoisotopic (exact) mass is 304 g/mol. The predicted octanol–water partition coefficient (Wildman–Crippen LogP) is 2.03. The second kappa shape index (κ2) is 6.55. The lowest BCUT2D eigenvalue weighted by Crippen LogP contribution is -2.45. The molecule has 5 nitrogen and oxygen atoms in total. The zero-order valence-corrected chi connectivity index (χ0v) is 11.7. The number of aromatic nitrogens is 1. The van der Waals surface area contributed by atoms with E-state index in [-0.39, 0.29) is 11.6 Å². The van der Waals surface area contributed by atoms with E-state index in [1.165, 1.54) is 7.11 Å². The van der Waals surface area contributed by atoms with Crippen molar-refractivity contribution >= 4 is 11.9 Å². The first kappa shape index (κ1) is 16.9. The fraction of sp³-hybridized carbons (Fsp3) is 0.462. The van der Waals surface area contributed by atoms with Gasteiger partial charge in [-0.3, -0.25) is 9.78 Å². The molecule has 0 bridgehead atoms. The molecule has 1 rings (SSSR count). The lowest BCUT2D eigenvalue weighted by molar-refractivity contribution is -0.144. The molecule has 0 aliphatic heterocycles. The lowest BCUT2D eigenvalue weighted by atomic mass is 10.0. The predicted molar refractivity (Wildman–Crippen MR) is 67.3 cm³/mol. The Hall–Kier alpha value is -2.12. The number of rotatable bonds is 4. The van der Waals surface area contributed by atoms with E-state index in [4.69, 9.17) is 0 Å². The van der Waals surface area contributed by atoms with Crippen LogP contribution in [0.4, 0.5) is 13.2 Å². The minimum atomic E-state index is -4.52. The van der Waals surface area contributed by atoms with Crippen LogP contribution in [0.1, 0.15) is 29.9 Å². The van der Waals surface area contributed by atoms with Gasteiger partial charge < -0.3 is 10.1 Å². The maximum Gasteiger partial charge on any atom is 0.417 e. The molecule has 0 saturated carbocycles. The van der Waals surface area contributed by atoms with Crippen LogP contribution in [0.3, 0.4) is 0 Å². The van der Waals surface area contributed by atoms with Crippen molar-refractivity contribution in [2.24, 2.45) is 5.92 Å². The number of carbonyl (C=O) groups excluding carboxylic acids is 2. The van der Waals surface area contributed by atoms with Crippen LogP contribution < -0.4 is 5.32 Å². The molecule has 0 spiro atoms. The molecule has 1 atom stereocenters. The van der Waals surface area contributed by atoms with Crippen molar-refractivity contribution < 1.29 is 27.5 Å². The maximum atomic E-state index is 12.4. The average Bonchev–Trinajstić information content (AvgIpc) is 2.42. The summed E-state index contributed by atoms with van der Waals surface area (Å²) >= 11 is 0. The number of nitrogens with one attached hydrogen (secondary N) is 1. The third-order valence-electron chi connectivity index (χ3n) is 2.73. The number of halogens is 3. The first-order chi connectivity index (χ1) is 9.66. The Balaban J connectivity index is 2.86. The summed E-state index contributed by atoms with van der Waals surface area (Å²) in [5.41, 5.74) is -1.16. The van der Waals surface area contributed by atoms with E-state index in [0.29, 0.717) is 6.20 Å². The number of pyridine rings is 1. The summed E-state index contributed by atoms with van der Waals surface area (Å²) in [6.07, 6.45) is -3.95. The van der Waals surface area contributed by atoms with Crippen LogP contribution in [0, 0.1) is 5.92 Å². The molecular weight excluding hydrogens is 289 g/mol. The summed E-state index contributed by atoms with van der Waals surface area (Å²) in [6.45, 7) is 3.39. The first-order valence-electron chi connectivity index (χ1n) is 6.08. The minimum Gasteiger partial charge on any atom is -0.467 e. The highest BCUT2D eigenvalue weighted by atomic mass is 19.4. The second-order valence-corrected chi connectivity index (χ2v) is 4.65. The van der Waals surface area contributed by atoms with Crippen LogP contribution in [0.5, 0.6) is 0 Å². The summed E-state index contributed by atoms with van der Waals surface area (Å²) < 4.78 is 41.7. The van der Waals surface area contributed by atoms with Crippen molar-refractivity contribution in [3.8, 4) is 0 Å². The van der Waals surface area contributed by atoms with Crippen molar-refractivity contribution in [3.05, 3.63) is 29.6 Å². The van der Waals surface area contributed by atoms with Gasteiger partial charge in [0.05, 0.1) is 12.7 Å². The van der Waals surface area contributed by atoms with Gasteiger partial charge in [-0.2, -0.15) is 13.2 Å². The van der Waals surface area contributed by atoms with Crippen molar-refractivity contribution in [1.82, 2.24) is 10.3 Å². The summed E-state index contributed by atoms with van der Waals surface area (Å²) in [4.78, 5) is 26.8. The molecule has 1 N–H and O–H groups in total. The standard InChI is InChI=1S/C13H15F3N2O3/c1-7(2)10(12(20)21-3)18-11(19)9-5-4-8(6-17-9)13(14,15)16/h4-7,10H,1-3H3,(H,18,19). The molecule has 1 aromatic rings. The zero-order chi connectivity index (χ0) is 16.2. The van der Waals surface area contributed by atoms with Gasteiger partial charge in [-0.1, -0.05) is 13.8 Å². The van der Waals surface area contributed by atoms with E-state index in [1.807, 2.05) is 0 Å². The number of hydrogen-bond donors (Lipinski definition) is 1. The SMILES string of the molecule is COC(=O)C(NC(=O)c1ccc(C(F)(F)F)cn1)C(C)C. The number of methoxy groups -OCH3 is 1. The van der Waals surface area contributed by atoms with E-state index in [1.54, 1.807) is 13.8 Å². The van der Waals surface area contributed by atoms with Gasteiger partial charge in [-0.05, 0) is 18.1 Å². The molecular formula is C13H15F3N2O3. The number of amides is 1. The number of carbonyl (C=O) groups is 2. The highest BCUT2D eigenvalue weighted by molar-refractivity contribution is 5.95. The summed E-state index contributed by atoms with van der Waals surface area (Å²) in [6, 6.07) is 0.809. The Kier molecular flexibility index (Phi) is 5.28. The molecule has 0 saturated heterocycles. The molecule has 8 heteroatoms. The molecule has 0 aromatic carbocycles. The normalized spacial score (nSPS) is 12.9. The third-order valence-corrected chi connectivity index (χ3v) is 2.73. The van der Waals surface area contributed by atoms with E-state index in [9.17, 15) is 22.8 Å². The van der Waals surface area contributed by atoms with Crippen LogP contribution in [0.25, 0.3) is 0 Å². The largest absolute Gasteiger partial charge is 0.467 e. The summed E-state index contributed by atoms with van der Waals surface area (Å²) in [5.74, 6) is -1.62. The first-order valence-corrected chi connectivity index (χ1v) is 6.08. The molecule has 0 aliphatic rings. The molecule has 21 heavy (non-hydrogen) atoms. The highest BCUT2D eigenvalue weighted by Crippen LogP contribution is 2.28. The van der Waals surface area contributed by atoms with Crippen molar-refractivity contribution in [2.75, 3.05) is 7.11 Å². The van der Waals surface area contributed by atoms with Gasteiger partial charge >= 0.3 is 12.1 Å². The Morgan fingerprint density at radius 3 is 2.29 bits per heavy atom. The highest BCUT2D eigenvalue weighted by Gasteiger charge is 2.31. The Bertz CT molecular complexity index is 512. The van der Waals surface area contributed by atoms with Gasteiger partial charge in [-0.25, -0.2) is 4.79 Å². The smallest absolute Gasteiger partial charge is 0.417 e. The fourth-order valence-electron chi connectivity index (χ4n) is 1.54. The van der Waals surface area contributed by atoms with Gasteiger partial charge in [0.25, 0.3) is 5.91 Å². The topological polar surface area (TPSA) is 68.3 Å². The number of ether oxygens (including phenoxy) is 1. The van der Waals surface area contributed by atoms with Gasteiger partial charge in [0.15, 0.2) is 0 Å². The Labute approximate surface area is 119 Å². The zero-order valence-electron chi connectivity index (χ0n) is 11.7. The maximum absolute atomic E-state index is 12.4. The number of alkyl halides is 3. The molecule has 0 fully saturated rings. The fourth-order valence-corrected chi connectivity index (χ4v) is 1.54. The van der Waals surface area contributed by atoms with Crippen molar-refractivity contribution in [3.63, 3.8) is 0 Å². The number of nitrogens with zero attached hydrogens (tertiary/aromatic N) is 1. The van der Waals surface area contributed by atoms with Crippen LogP contribution >= 0.6 is 0 Å². The van der Waals surface area contributed by atoms with Gasteiger partial charge in [0.1, 0.15) is 11.7 Å². The number of hydrogen-bond acceptors (Lipinski definition) is 4.